The molecule has 6 nitrogen and oxygen atoms in total. The van der Waals surface area contributed by atoms with Crippen molar-refractivity contribution >= 4 is 0 Å². The lowest BCUT2D eigenvalue weighted by Crippen LogP contribution is -2.33. The molecule has 2 heterocycles. The predicted molar refractivity (Wildman–Crippen MR) is 106 cm³/mol. The molecular formula is C20H38N4O2. The molecule has 1 aromatic rings. The van der Waals surface area contributed by atoms with Crippen LogP contribution in [-0.2, 0) is 17.8 Å². The first-order valence-corrected chi connectivity index (χ1v) is 9.55. The second kappa shape index (κ2) is 9.33. The maximum absolute atomic E-state index is 6.45. The Labute approximate surface area is 159 Å². The first-order valence-electron chi connectivity index (χ1n) is 9.55. The summed E-state index contributed by atoms with van der Waals surface area (Å²) in [5, 5.41) is 0. The number of hydrogen-bond donors (Lipinski definition) is 0. The summed E-state index contributed by atoms with van der Waals surface area (Å²) in [5.41, 5.74) is 1.27. The summed E-state index contributed by atoms with van der Waals surface area (Å²) in [5.74, 6) is 2.08. The minimum atomic E-state index is 0.209. The highest BCUT2D eigenvalue weighted by atomic mass is 16.5. The summed E-state index contributed by atoms with van der Waals surface area (Å²) in [4.78, 5) is 8.80. The zero-order chi connectivity index (χ0) is 19.4. The van der Waals surface area contributed by atoms with E-state index < -0.39 is 0 Å². The highest BCUT2D eigenvalue weighted by Crippen LogP contribution is 2.36. The van der Waals surface area contributed by atoms with Crippen LogP contribution in [0.1, 0.15) is 36.0 Å². The van der Waals surface area contributed by atoms with E-state index in [-0.39, 0.29) is 12.1 Å². The number of ether oxygens (including phenoxy) is 1. The maximum atomic E-state index is 6.45. The number of rotatable bonds is 9. The van der Waals surface area contributed by atoms with Gasteiger partial charge in [0.05, 0.1) is 31.3 Å². The van der Waals surface area contributed by atoms with Crippen molar-refractivity contribution in [1.82, 2.24) is 19.6 Å². The quantitative estimate of drug-likeness (QED) is 0.666. The van der Waals surface area contributed by atoms with Gasteiger partial charge < -0.3 is 23.9 Å². The van der Waals surface area contributed by atoms with Crippen LogP contribution in [0.3, 0.4) is 0 Å². The molecule has 0 aromatic carbocycles. The van der Waals surface area contributed by atoms with Gasteiger partial charge in [0, 0.05) is 12.1 Å². The SMILES string of the molecule is CN(C)Cc1cc(C(C2CCC(CN(C)C)O2)N(C)C)c(CN(C)C)o1. The molecule has 1 aliphatic heterocycles. The van der Waals surface area contributed by atoms with Gasteiger partial charge in [-0.05, 0) is 75.3 Å². The summed E-state index contributed by atoms with van der Waals surface area (Å²) in [7, 11) is 16.8. The Bertz CT molecular complexity index is 554. The minimum Gasteiger partial charge on any atom is -0.463 e. The Kier molecular flexibility index (Phi) is 7.67. The molecule has 0 bridgehead atoms. The van der Waals surface area contributed by atoms with Crippen LogP contribution < -0.4 is 0 Å². The molecule has 1 aromatic heterocycles. The minimum absolute atomic E-state index is 0.209. The average molecular weight is 367 g/mol. The molecule has 1 aliphatic rings. The van der Waals surface area contributed by atoms with E-state index in [1.54, 1.807) is 0 Å². The molecular weight excluding hydrogens is 328 g/mol. The van der Waals surface area contributed by atoms with Gasteiger partial charge in [-0.3, -0.25) is 4.90 Å². The summed E-state index contributed by atoms with van der Waals surface area (Å²) in [6.45, 7) is 2.61. The van der Waals surface area contributed by atoms with Gasteiger partial charge in [0.15, 0.2) is 0 Å². The van der Waals surface area contributed by atoms with Crippen molar-refractivity contribution in [2.24, 2.45) is 0 Å². The van der Waals surface area contributed by atoms with Crippen LogP contribution in [0.5, 0.6) is 0 Å². The second-order valence-corrected chi connectivity index (χ2v) is 8.61. The zero-order valence-electron chi connectivity index (χ0n) is 18.0. The van der Waals surface area contributed by atoms with Crippen LogP contribution in [0.2, 0.25) is 0 Å². The van der Waals surface area contributed by atoms with Crippen LogP contribution in [0.25, 0.3) is 0 Å². The number of nitrogens with zero attached hydrogens (tertiary/aromatic N) is 4. The third-order valence-corrected chi connectivity index (χ3v) is 4.76. The Morgan fingerprint density at radius 2 is 1.58 bits per heavy atom. The van der Waals surface area contributed by atoms with E-state index in [9.17, 15) is 0 Å². The third kappa shape index (κ3) is 5.79. The van der Waals surface area contributed by atoms with Crippen LogP contribution in [-0.4, -0.2) is 94.7 Å². The van der Waals surface area contributed by atoms with Gasteiger partial charge in [0.2, 0.25) is 0 Å². The molecule has 0 radical (unpaired) electrons. The zero-order valence-corrected chi connectivity index (χ0v) is 18.0. The van der Waals surface area contributed by atoms with Crippen LogP contribution in [0.4, 0.5) is 0 Å². The summed E-state index contributed by atoms with van der Waals surface area (Å²) in [6, 6.07) is 2.46. The van der Waals surface area contributed by atoms with Gasteiger partial charge in [0.25, 0.3) is 0 Å². The number of likely N-dealkylation sites (N-methyl/N-ethyl adjacent to an activating group) is 2. The van der Waals surface area contributed by atoms with E-state index in [1.165, 1.54) is 5.56 Å². The monoisotopic (exact) mass is 366 g/mol. The lowest BCUT2D eigenvalue weighted by atomic mass is 9.97. The van der Waals surface area contributed by atoms with Crippen molar-refractivity contribution in [3.8, 4) is 0 Å². The molecule has 6 heteroatoms. The van der Waals surface area contributed by atoms with Gasteiger partial charge in [-0.1, -0.05) is 0 Å². The topological polar surface area (TPSA) is 35.3 Å². The van der Waals surface area contributed by atoms with Crippen molar-refractivity contribution in [2.45, 2.75) is 44.2 Å². The van der Waals surface area contributed by atoms with E-state index >= 15 is 0 Å². The third-order valence-electron chi connectivity index (χ3n) is 4.76. The second-order valence-electron chi connectivity index (χ2n) is 8.61. The molecule has 2 rings (SSSR count). The number of furan rings is 1. The van der Waals surface area contributed by atoms with Crippen molar-refractivity contribution < 1.29 is 9.15 Å². The van der Waals surface area contributed by atoms with Crippen LogP contribution in [0, 0.1) is 0 Å². The van der Waals surface area contributed by atoms with Crippen molar-refractivity contribution in [1.29, 1.82) is 0 Å². The standard InChI is InChI=1S/C20H38N4O2/c1-21(2)12-15-9-10-18(25-15)20(24(7)8)17-11-16(13-22(3)4)26-19(17)14-23(5)6/h11,15,18,20H,9-10,12-14H2,1-8H3. The number of hydrogen-bond acceptors (Lipinski definition) is 6. The molecule has 3 atom stereocenters. The molecule has 26 heavy (non-hydrogen) atoms. The van der Waals surface area contributed by atoms with Gasteiger partial charge in [-0.2, -0.15) is 0 Å². The molecule has 0 amide bonds. The molecule has 0 saturated carbocycles. The molecule has 1 saturated heterocycles. The molecule has 0 N–H and O–H groups in total. The first-order chi connectivity index (χ1) is 12.2. The maximum Gasteiger partial charge on any atom is 0.123 e. The van der Waals surface area contributed by atoms with E-state index in [2.05, 4.69) is 82.0 Å². The Hall–Kier alpha value is -0.920. The Morgan fingerprint density at radius 1 is 0.923 bits per heavy atom. The summed E-state index contributed by atoms with van der Waals surface area (Å²) < 4.78 is 12.7. The highest BCUT2D eigenvalue weighted by molar-refractivity contribution is 5.27. The normalized spacial score (nSPS) is 22.3. The molecule has 150 valence electrons. The van der Waals surface area contributed by atoms with Crippen molar-refractivity contribution in [3.63, 3.8) is 0 Å². The first kappa shape index (κ1) is 21.4. The Balaban J connectivity index is 2.26. The fourth-order valence-electron chi connectivity index (χ4n) is 3.87. The molecule has 0 spiro atoms. The molecule has 3 unspecified atom stereocenters. The fourth-order valence-corrected chi connectivity index (χ4v) is 3.87. The average Bonchev–Trinajstić information content (AvgIpc) is 3.05. The van der Waals surface area contributed by atoms with E-state index in [1.807, 2.05) is 0 Å². The van der Waals surface area contributed by atoms with Gasteiger partial charge in [0.1, 0.15) is 11.5 Å². The lowest BCUT2D eigenvalue weighted by molar-refractivity contribution is -0.0110. The van der Waals surface area contributed by atoms with Crippen LogP contribution in [0.15, 0.2) is 10.5 Å². The Morgan fingerprint density at radius 3 is 2.12 bits per heavy atom. The van der Waals surface area contributed by atoms with Crippen molar-refractivity contribution in [3.05, 3.63) is 23.2 Å². The van der Waals surface area contributed by atoms with E-state index in [4.69, 9.17) is 9.15 Å². The van der Waals surface area contributed by atoms with Gasteiger partial charge >= 0.3 is 0 Å². The lowest BCUT2D eigenvalue weighted by Gasteiger charge is -2.30. The van der Waals surface area contributed by atoms with Crippen molar-refractivity contribution in [2.75, 3.05) is 62.9 Å². The van der Waals surface area contributed by atoms with E-state index in [0.717, 1.165) is 44.0 Å². The smallest absolute Gasteiger partial charge is 0.123 e. The molecule has 1 fully saturated rings. The van der Waals surface area contributed by atoms with Crippen LogP contribution >= 0.6 is 0 Å². The highest BCUT2D eigenvalue weighted by Gasteiger charge is 2.36. The fraction of sp³-hybridized carbons (Fsp3) is 0.800. The van der Waals surface area contributed by atoms with Gasteiger partial charge in [-0.25, -0.2) is 0 Å². The molecule has 0 aliphatic carbocycles. The van der Waals surface area contributed by atoms with Gasteiger partial charge in [-0.15, -0.1) is 0 Å². The largest absolute Gasteiger partial charge is 0.463 e. The summed E-state index contributed by atoms with van der Waals surface area (Å²) in [6.07, 6.45) is 2.75. The predicted octanol–water partition coefficient (Wildman–Crippen LogP) is 2.11. The van der Waals surface area contributed by atoms with E-state index in [0.29, 0.717) is 6.10 Å². The summed E-state index contributed by atoms with van der Waals surface area (Å²) >= 11 is 0.